The molecule has 0 aliphatic rings. The lowest BCUT2D eigenvalue weighted by Gasteiger charge is -2.09. The lowest BCUT2D eigenvalue weighted by Crippen LogP contribution is -2.03. The Morgan fingerprint density at radius 1 is 1.04 bits per heavy atom. The number of nitrogen functional groups attached to an aromatic ring is 1. The summed E-state index contributed by atoms with van der Waals surface area (Å²) >= 11 is 0. The number of rotatable bonds is 4. The van der Waals surface area contributed by atoms with E-state index in [0.29, 0.717) is 23.6 Å². The number of fused-ring (bicyclic) bond motifs is 1. The predicted octanol–water partition coefficient (Wildman–Crippen LogP) is 3.42. The number of anilines is 3. The van der Waals surface area contributed by atoms with E-state index in [9.17, 15) is 4.39 Å². The molecule has 0 unspecified atom stereocenters. The van der Waals surface area contributed by atoms with E-state index < -0.39 is 0 Å². The Bertz CT molecular complexity index is 1060. The first-order chi connectivity index (χ1) is 12.6. The fourth-order valence-electron chi connectivity index (χ4n) is 2.92. The van der Waals surface area contributed by atoms with Crippen molar-refractivity contribution in [3.8, 4) is 0 Å². The van der Waals surface area contributed by atoms with E-state index in [1.54, 1.807) is 16.8 Å². The van der Waals surface area contributed by atoms with Gasteiger partial charge in [-0.3, -0.25) is 0 Å². The van der Waals surface area contributed by atoms with Crippen molar-refractivity contribution in [3.05, 3.63) is 71.7 Å². The van der Waals surface area contributed by atoms with Gasteiger partial charge in [0.15, 0.2) is 5.65 Å². The van der Waals surface area contributed by atoms with Crippen LogP contribution in [0.5, 0.6) is 0 Å². The molecule has 0 saturated heterocycles. The van der Waals surface area contributed by atoms with E-state index in [-0.39, 0.29) is 11.8 Å². The summed E-state index contributed by atoms with van der Waals surface area (Å²) < 4.78 is 14.9. The third-order valence-corrected chi connectivity index (χ3v) is 4.09. The molecule has 4 aromatic rings. The second kappa shape index (κ2) is 6.44. The Balaban J connectivity index is 1.81. The second-order valence-corrected chi connectivity index (χ2v) is 5.99. The molecule has 0 saturated carbocycles. The Kier molecular flexibility index (Phi) is 3.96. The van der Waals surface area contributed by atoms with Crippen LogP contribution < -0.4 is 11.1 Å². The largest absolute Gasteiger partial charge is 0.368 e. The summed E-state index contributed by atoms with van der Waals surface area (Å²) in [6, 6.07) is 16.1. The molecule has 4 rings (SSSR count). The molecule has 130 valence electrons. The van der Waals surface area contributed by atoms with Crippen molar-refractivity contribution in [1.29, 1.82) is 0 Å². The molecule has 2 aromatic heterocycles. The molecule has 3 N–H and O–H groups in total. The lowest BCUT2D eigenvalue weighted by atomic mass is 10.1. The Morgan fingerprint density at radius 3 is 2.50 bits per heavy atom. The number of aryl methyl sites for hydroxylation is 1. The van der Waals surface area contributed by atoms with Gasteiger partial charge < -0.3 is 11.1 Å². The average Bonchev–Trinajstić information content (AvgIpc) is 2.93. The molecular formula is C19H17FN6. The van der Waals surface area contributed by atoms with Gasteiger partial charge in [0.1, 0.15) is 11.6 Å². The fraction of sp³-hybridized carbons (Fsp3) is 0.105. The maximum absolute atomic E-state index is 13.2. The minimum Gasteiger partial charge on any atom is -0.368 e. The van der Waals surface area contributed by atoms with E-state index in [1.165, 1.54) is 12.1 Å². The molecule has 0 aliphatic heterocycles. The number of benzene rings is 2. The van der Waals surface area contributed by atoms with E-state index in [0.717, 1.165) is 16.6 Å². The quantitative estimate of drug-likeness (QED) is 0.590. The molecular weight excluding hydrogens is 331 g/mol. The maximum atomic E-state index is 13.2. The summed E-state index contributed by atoms with van der Waals surface area (Å²) in [5.74, 6) is 0.406. The molecule has 0 aliphatic carbocycles. The average molecular weight is 348 g/mol. The Labute approximate surface area is 149 Å². The minimum atomic E-state index is -0.297. The summed E-state index contributed by atoms with van der Waals surface area (Å²) in [5.41, 5.74) is 9.21. The van der Waals surface area contributed by atoms with Gasteiger partial charge >= 0.3 is 0 Å². The standard InChI is InChI=1S/C19H17FN6/c1-26-18-16(15(25-26)11-12-5-3-2-4-6-12)17(23-19(21)24-18)22-14-9-7-13(20)8-10-14/h2-10H,11H2,1H3,(H3,21,22,23,24). The van der Waals surface area contributed by atoms with Crippen molar-refractivity contribution < 1.29 is 4.39 Å². The smallest absolute Gasteiger partial charge is 0.224 e. The van der Waals surface area contributed by atoms with Crippen molar-refractivity contribution in [2.75, 3.05) is 11.1 Å². The molecule has 6 nitrogen and oxygen atoms in total. The SMILES string of the molecule is Cn1nc(Cc2ccccc2)c2c(Nc3ccc(F)cc3)nc(N)nc21. The van der Waals surface area contributed by atoms with Gasteiger partial charge in [0.25, 0.3) is 0 Å². The number of halogens is 1. The van der Waals surface area contributed by atoms with Gasteiger partial charge in [0.05, 0.1) is 11.1 Å². The first-order valence-electron chi connectivity index (χ1n) is 8.16. The number of nitrogens with one attached hydrogen (secondary N) is 1. The molecule has 0 atom stereocenters. The molecule has 2 aromatic carbocycles. The zero-order valence-corrected chi connectivity index (χ0v) is 14.1. The van der Waals surface area contributed by atoms with E-state index in [2.05, 4.69) is 20.4 Å². The maximum Gasteiger partial charge on any atom is 0.224 e. The summed E-state index contributed by atoms with van der Waals surface area (Å²) in [6.45, 7) is 0. The molecule has 0 bridgehead atoms. The molecule has 0 fully saturated rings. The van der Waals surface area contributed by atoms with Gasteiger partial charge in [0, 0.05) is 19.2 Å². The molecule has 2 heterocycles. The van der Waals surface area contributed by atoms with Crippen LogP contribution in [0.15, 0.2) is 54.6 Å². The lowest BCUT2D eigenvalue weighted by molar-refractivity contribution is 0.628. The summed E-state index contributed by atoms with van der Waals surface area (Å²) in [5, 5.41) is 8.61. The number of aromatic nitrogens is 4. The third-order valence-electron chi connectivity index (χ3n) is 4.09. The third kappa shape index (κ3) is 3.06. The van der Waals surface area contributed by atoms with Gasteiger partial charge in [-0.15, -0.1) is 0 Å². The van der Waals surface area contributed by atoms with Crippen LogP contribution in [0.1, 0.15) is 11.3 Å². The van der Waals surface area contributed by atoms with E-state index >= 15 is 0 Å². The summed E-state index contributed by atoms with van der Waals surface area (Å²) in [6.07, 6.45) is 0.642. The molecule has 0 amide bonds. The van der Waals surface area contributed by atoms with Crippen LogP contribution in [0.25, 0.3) is 11.0 Å². The van der Waals surface area contributed by atoms with Crippen LogP contribution in [0, 0.1) is 5.82 Å². The number of nitrogens with two attached hydrogens (primary N) is 1. The topological polar surface area (TPSA) is 81.7 Å². The zero-order chi connectivity index (χ0) is 18.1. The Morgan fingerprint density at radius 2 is 1.77 bits per heavy atom. The fourth-order valence-corrected chi connectivity index (χ4v) is 2.92. The zero-order valence-electron chi connectivity index (χ0n) is 14.1. The number of hydrogen-bond acceptors (Lipinski definition) is 5. The predicted molar refractivity (Wildman–Crippen MR) is 99.6 cm³/mol. The second-order valence-electron chi connectivity index (χ2n) is 5.99. The minimum absolute atomic E-state index is 0.149. The van der Waals surface area contributed by atoms with Crippen molar-refractivity contribution in [1.82, 2.24) is 19.7 Å². The highest BCUT2D eigenvalue weighted by molar-refractivity contribution is 5.92. The van der Waals surface area contributed by atoms with E-state index in [1.807, 2.05) is 37.4 Å². The first-order valence-corrected chi connectivity index (χ1v) is 8.16. The van der Waals surface area contributed by atoms with Crippen LogP contribution in [0.2, 0.25) is 0 Å². The van der Waals surface area contributed by atoms with Crippen LogP contribution in [0.4, 0.5) is 21.8 Å². The van der Waals surface area contributed by atoms with Crippen molar-refractivity contribution in [2.45, 2.75) is 6.42 Å². The Hall–Kier alpha value is -3.48. The van der Waals surface area contributed by atoms with Gasteiger partial charge in [-0.1, -0.05) is 30.3 Å². The van der Waals surface area contributed by atoms with Crippen LogP contribution >= 0.6 is 0 Å². The molecule has 7 heteroatoms. The van der Waals surface area contributed by atoms with Crippen LogP contribution in [0.3, 0.4) is 0 Å². The van der Waals surface area contributed by atoms with Crippen LogP contribution in [-0.4, -0.2) is 19.7 Å². The summed E-state index contributed by atoms with van der Waals surface area (Å²) in [4.78, 5) is 8.66. The van der Waals surface area contributed by atoms with Crippen molar-refractivity contribution in [2.24, 2.45) is 7.05 Å². The molecule has 26 heavy (non-hydrogen) atoms. The van der Waals surface area contributed by atoms with Gasteiger partial charge in [-0.2, -0.15) is 15.1 Å². The van der Waals surface area contributed by atoms with Crippen molar-refractivity contribution >= 4 is 28.5 Å². The molecule has 0 radical (unpaired) electrons. The highest BCUT2D eigenvalue weighted by atomic mass is 19.1. The molecule has 0 spiro atoms. The van der Waals surface area contributed by atoms with Gasteiger partial charge in [0.2, 0.25) is 5.95 Å². The summed E-state index contributed by atoms with van der Waals surface area (Å²) in [7, 11) is 1.82. The highest BCUT2D eigenvalue weighted by Crippen LogP contribution is 2.28. The normalized spacial score (nSPS) is 11.0. The van der Waals surface area contributed by atoms with Gasteiger partial charge in [-0.25, -0.2) is 9.07 Å². The monoisotopic (exact) mass is 348 g/mol. The first kappa shape index (κ1) is 16.0. The highest BCUT2D eigenvalue weighted by Gasteiger charge is 2.17. The van der Waals surface area contributed by atoms with Crippen LogP contribution in [-0.2, 0) is 13.5 Å². The van der Waals surface area contributed by atoms with Gasteiger partial charge in [-0.05, 0) is 29.8 Å². The van der Waals surface area contributed by atoms with Crippen molar-refractivity contribution in [3.63, 3.8) is 0 Å². The number of nitrogens with zero attached hydrogens (tertiary/aromatic N) is 4. The van der Waals surface area contributed by atoms with E-state index in [4.69, 9.17) is 5.73 Å². The number of hydrogen-bond donors (Lipinski definition) is 2.